The molecule has 102 valence electrons. The summed E-state index contributed by atoms with van der Waals surface area (Å²) in [5, 5.41) is 3.20. The highest BCUT2D eigenvalue weighted by molar-refractivity contribution is 7.11. The predicted molar refractivity (Wildman–Crippen MR) is 78.1 cm³/mol. The average Bonchev–Trinajstić information content (AvgIpc) is 2.95. The van der Waals surface area contributed by atoms with Gasteiger partial charge in [0, 0.05) is 28.9 Å². The van der Waals surface area contributed by atoms with E-state index < -0.39 is 0 Å². The van der Waals surface area contributed by atoms with Gasteiger partial charge in [0.25, 0.3) is 0 Å². The maximum atomic E-state index is 5.48. The molecule has 0 aliphatic heterocycles. The van der Waals surface area contributed by atoms with Crippen molar-refractivity contribution in [3.8, 4) is 0 Å². The number of nitrogens with zero attached hydrogens (tertiary/aromatic N) is 1. The summed E-state index contributed by atoms with van der Waals surface area (Å²) >= 11 is 1.91. The Kier molecular flexibility index (Phi) is 4.01. The van der Waals surface area contributed by atoms with Crippen molar-refractivity contribution in [3.05, 3.63) is 46.0 Å². The van der Waals surface area contributed by atoms with Crippen LogP contribution in [0.5, 0.6) is 0 Å². The maximum absolute atomic E-state index is 5.48. The van der Waals surface area contributed by atoms with Crippen LogP contribution in [-0.4, -0.2) is 18.0 Å². The molecular weight excluding hydrogens is 256 g/mol. The van der Waals surface area contributed by atoms with Crippen molar-refractivity contribution < 1.29 is 4.42 Å². The Bertz CT molecular complexity index is 502. The number of thiophene rings is 1. The first-order valence-electron chi connectivity index (χ1n) is 6.84. The van der Waals surface area contributed by atoms with Crippen molar-refractivity contribution in [3.63, 3.8) is 0 Å². The van der Waals surface area contributed by atoms with Gasteiger partial charge in [0.1, 0.15) is 5.76 Å². The van der Waals surface area contributed by atoms with Gasteiger partial charge in [-0.25, -0.2) is 0 Å². The van der Waals surface area contributed by atoms with Gasteiger partial charge in [0.2, 0.25) is 0 Å². The monoisotopic (exact) mass is 276 g/mol. The molecule has 2 aromatic heterocycles. The molecule has 0 spiro atoms. The molecule has 1 fully saturated rings. The second-order valence-electron chi connectivity index (χ2n) is 5.11. The molecule has 2 heterocycles. The van der Waals surface area contributed by atoms with Gasteiger partial charge in [-0.15, -0.1) is 11.3 Å². The van der Waals surface area contributed by atoms with Crippen LogP contribution in [0.15, 0.2) is 34.9 Å². The van der Waals surface area contributed by atoms with Gasteiger partial charge < -0.3 is 9.73 Å². The zero-order chi connectivity index (χ0) is 13.1. The zero-order valence-corrected chi connectivity index (χ0v) is 12.1. The van der Waals surface area contributed by atoms with Crippen molar-refractivity contribution >= 4 is 11.3 Å². The van der Waals surface area contributed by atoms with Crippen LogP contribution < -0.4 is 5.32 Å². The first-order chi connectivity index (χ1) is 9.35. The van der Waals surface area contributed by atoms with E-state index in [1.807, 2.05) is 24.5 Å². The Morgan fingerprint density at radius 1 is 1.26 bits per heavy atom. The number of hydrogen-bond donors (Lipinski definition) is 1. The topological polar surface area (TPSA) is 28.4 Å². The van der Waals surface area contributed by atoms with Crippen LogP contribution in [-0.2, 0) is 19.6 Å². The van der Waals surface area contributed by atoms with Gasteiger partial charge in [-0.05, 0) is 44.2 Å². The minimum atomic E-state index is 0.750. The molecule has 0 aromatic carbocycles. The van der Waals surface area contributed by atoms with Crippen LogP contribution in [0, 0.1) is 0 Å². The van der Waals surface area contributed by atoms with Crippen molar-refractivity contribution in [2.24, 2.45) is 0 Å². The van der Waals surface area contributed by atoms with Crippen LogP contribution in [0.1, 0.15) is 28.4 Å². The Labute approximate surface area is 118 Å². The lowest BCUT2D eigenvalue weighted by Crippen LogP contribution is -2.24. The summed E-state index contributed by atoms with van der Waals surface area (Å²) in [6.07, 6.45) is 4.42. The molecule has 1 saturated carbocycles. The van der Waals surface area contributed by atoms with E-state index >= 15 is 0 Å². The Balaban J connectivity index is 1.63. The summed E-state index contributed by atoms with van der Waals surface area (Å²) in [5.41, 5.74) is 0. The fraction of sp³-hybridized carbons (Fsp3) is 0.467. The quantitative estimate of drug-likeness (QED) is 0.841. The average molecular weight is 276 g/mol. The van der Waals surface area contributed by atoms with E-state index in [9.17, 15) is 0 Å². The smallest absolute Gasteiger partial charge is 0.117 e. The van der Waals surface area contributed by atoms with Crippen molar-refractivity contribution in [1.82, 2.24) is 10.2 Å². The lowest BCUT2D eigenvalue weighted by molar-refractivity contribution is 0.227. The van der Waals surface area contributed by atoms with Crippen LogP contribution >= 0.6 is 11.3 Å². The van der Waals surface area contributed by atoms with E-state index in [4.69, 9.17) is 4.42 Å². The fourth-order valence-electron chi connectivity index (χ4n) is 2.33. The largest absolute Gasteiger partial charge is 0.468 e. The van der Waals surface area contributed by atoms with Gasteiger partial charge in [-0.2, -0.15) is 0 Å². The van der Waals surface area contributed by atoms with Crippen molar-refractivity contribution in [2.45, 2.75) is 38.5 Å². The third kappa shape index (κ3) is 3.47. The predicted octanol–water partition coefficient (Wildman–Crippen LogP) is 3.23. The molecule has 1 N–H and O–H groups in total. The normalized spacial score (nSPS) is 15.3. The van der Waals surface area contributed by atoms with Gasteiger partial charge in [-0.3, -0.25) is 4.90 Å². The molecule has 3 rings (SSSR count). The first-order valence-corrected chi connectivity index (χ1v) is 7.65. The summed E-state index contributed by atoms with van der Waals surface area (Å²) < 4.78 is 5.48. The molecule has 1 aliphatic carbocycles. The molecule has 0 amide bonds. The zero-order valence-electron chi connectivity index (χ0n) is 11.3. The van der Waals surface area contributed by atoms with Crippen molar-refractivity contribution in [2.75, 3.05) is 7.05 Å². The first kappa shape index (κ1) is 12.9. The third-order valence-corrected chi connectivity index (χ3v) is 4.50. The molecule has 0 unspecified atom stereocenters. The van der Waals surface area contributed by atoms with E-state index in [1.54, 1.807) is 6.26 Å². The Morgan fingerprint density at radius 3 is 2.79 bits per heavy atom. The summed E-state index contributed by atoms with van der Waals surface area (Å²) in [6, 6.07) is 9.27. The minimum Gasteiger partial charge on any atom is -0.468 e. The van der Waals surface area contributed by atoms with E-state index in [1.165, 1.54) is 22.6 Å². The Hall–Kier alpha value is -1.10. The molecule has 3 nitrogen and oxygen atoms in total. The van der Waals surface area contributed by atoms with Crippen LogP contribution in [0.4, 0.5) is 0 Å². The highest BCUT2D eigenvalue weighted by atomic mass is 32.1. The number of furan rings is 1. The second-order valence-corrected chi connectivity index (χ2v) is 6.37. The fourth-order valence-corrected chi connectivity index (χ4v) is 3.39. The lowest BCUT2D eigenvalue weighted by atomic mass is 10.3. The van der Waals surface area contributed by atoms with E-state index in [2.05, 4.69) is 28.4 Å². The summed E-state index contributed by atoms with van der Waals surface area (Å²) in [4.78, 5) is 5.39. The summed E-state index contributed by atoms with van der Waals surface area (Å²) in [7, 11) is 1.99. The molecule has 0 saturated heterocycles. The lowest BCUT2D eigenvalue weighted by Gasteiger charge is -2.19. The summed E-state index contributed by atoms with van der Waals surface area (Å²) in [5.74, 6) is 1.07. The van der Waals surface area contributed by atoms with E-state index in [0.717, 1.165) is 31.4 Å². The number of hydrogen-bond acceptors (Lipinski definition) is 4. The van der Waals surface area contributed by atoms with E-state index in [-0.39, 0.29) is 0 Å². The van der Waals surface area contributed by atoms with Crippen LogP contribution in [0.2, 0.25) is 0 Å². The SMILES string of the molecule is CNCc1ccc(CN(Cc2ccco2)C2CC2)s1. The number of rotatable bonds is 7. The van der Waals surface area contributed by atoms with E-state index in [0.29, 0.717) is 0 Å². The van der Waals surface area contributed by atoms with Gasteiger partial charge in [-0.1, -0.05) is 0 Å². The van der Waals surface area contributed by atoms with Crippen LogP contribution in [0.25, 0.3) is 0 Å². The molecule has 2 aromatic rings. The van der Waals surface area contributed by atoms with Gasteiger partial charge in [0.15, 0.2) is 0 Å². The third-order valence-electron chi connectivity index (χ3n) is 3.43. The second kappa shape index (κ2) is 5.90. The number of nitrogens with one attached hydrogen (secondary N) is 1. The molecule has 19 heavy (non-hydrogen) atoms. The van der Waals surface area contributed by atoms with Gasteiger partial charge >= 0.3 is 0 Å². The van der Waals surface area contributed by atoms with Crippen LogP contribution in [0.3, 0.4) is 0 Å². The molecule has 4 heteroatoms. The summed E-state index contributed by atoms with van der Waals surface area (Å²) in [6.45, 7) is 2.93. The molecule has 0 bridgehead atoms. The minimum absolute atomic E-state index is 0.750. The molecular formula is C15H20N2OS. The van der Waals surface area contributed by atoms with Crippen molar-refractivity contribution in [1.29, 1.82) is 0 Å². The molecule has 1 aliphatic rings. The standard InChI is InChI=1S/C15H20N2OS/c1-16-9-14-6-7-15(19-14)11-17(12-4-5-12)10-13-3-2-8-18-13/h2-3,6-8,12,16H,4-5,9-11H2,1H3. The van der Waals surface area contributed by atoms with Gasteiger partial charge in [0.05, 0.1) is 12.8 Å². The highest BCUT2D eigenvalue weighted by Crippen LogP contribution is 2.31. The highest BCUT2D eigenvalue weighted by Gasteiger charge is 2.29. The Morgan fingerprint density at radius 2 is 2.11 bits per heavy atom. The maximum Gasteiger partial charge on any atom is 0.117 e. The molecule has 0 atom stereocenters. The molecule has 0 radical (unpaired) electrons.